The Bertz CT molecular complexity index is 560. The second-order valence-corrected chi connectivity index (χ2v) is 5.23. The summed E-state index contributed by atoms with van der Waals surface area (Å²) in [4.78, 5) is 12.3. The van der Waals surface area contributed by atoms with Gasteiger partial charge in [-0.15, -0.1) is 5.10 Å². The van der Waals surface area contributed by atoms with Crippen molar-refractivity contribution >= 4 is 28.1 Å². The Hall–Kier alpha value is -1.95. The van der Waals surface area contributed by atoms with Gasteiger partial charge >= 0.3 is 0 Å². The van der Waals surface area contributed by atoms with Gasteiger partial charge in [-0.3, -0.25) is 4.79 Å². The molecule has 2 aromatic rings. The minimum Gasteiger partial charge on any atom is -0.399 e. The molecule has 18 heavy (non-hydrogen) atoms. The largest absolute Gasteiger partial charge is 0.399 e. The number of anilines is 2. The fraction of sp³-hybridized carbons (Fsp3) is 0.250. The number of nitrogens with zero attached hydrogens (tertiary/aromatic N) is 2. The Morgan fingerprint density at radius 3 is 2.61 bits per heavy atom. The van der Waals surface area contributed by atoms with Crippen LogP contribution >= 0.6 is 11.5 Å². The van der Waals surface area contributed by atoms with E-state index in [1.165, 1.54) is 11.5 Å². The summed E-state index contributed by atoms with van der Waals surface area (Å²) in [7, 11) is 0. The van der Waals surface area contributed by atoms with Gasteiger partial charge in [0.15, 0.2) is 0 Å². The third-order valence-electron chi connectivity index (χ3n) is 3.25. The molecule has 0 bridgehead atoms. The van der Waals surface area contributed by atoms with E-state index in [1.807, 2.05) is 24.3 Å². The van der Waals surface area contributed by atoms with Crippen LogP contribution in [0.15, 0.2) is 30.5 Å². The molecule has 1 aromatic carbocycles. The number of rotatable bonds is 3. The second kappa shape index (κ2) is 4.06. The van der Waals surface area contributed by atoms with Crippen LogP contribution in [0.1, 0.15) is 18.4 Å². The Labute approximate surface area is 108 Å². The molecule has 0 spiro atoms. The van der Waals surface area contributed by atoms with Gasteiger partial charge in [-0.05, 0) is 30.5 Å². The molecule has 1 aliphatic rings. The maximum atomic E-state index is 12.3. The van der Waals surface area contributed by atoms with Crippen molar-refractivity contribution in [1.29, 1.82) is 0 Å². The molecule has 3 rings (SSSR count). The number of amides is 1. The molecule has 1 saturated carbocycles. The first kappa shape index (κ1) is 11.2. The number of nitrogen functional groups attached to an aromatic ring is 1. The zero-order valence-corrected chi connectivity index (χ0v) is 10.4. The lowest BCUT2D eigenvalue weighted by Gasteiger charge is -2.14. The van der Waals surface area contributed by atoms with E-state index in [9.17, 15) is 4.79 Å². The van der Waals surface area contributed by atoms with Crippen LogP contribution in [-0.4, -0.2) is 15.5 Å². The van der Waals surface area contributed by atoms with Crippen molar-refractivity contribution < 1.29 is 4.79 Å². The number of benzene rings is 1. The number of nitrogens with one attached hydrogen (secondary N) is 1. The first-order valence-corrected chi connectivity index (χ1v) is 6.43. The summed E-state index contributed by atoms with van der Waals surface area (Å²) < 4.78 is 3.72. The minimum atomic E-state index is -0.391. The molecule has 1 aromatic heterocycles. The molecule has 0 atom stereocenters. The molecule has 0 aliphatic heterocycles. The van der Waals surface area contributed by atoms with Crippen LogP contribution in [0, 0.1) is 0 Å². The van der Waals surface area contributed by atoms with E-state index in [4.69, 9.17) is 5.73 Å². The van der Waals surface area contributed by atoms with E-state index in [0.717, 1.165) is 18.4 Å². The van der Waals surface area contributed by atoms with Crippen LogP contribution in [0.5, 0.6) is 0 Å². The van der Waals surface area contributed by atoms with Gasteiger partial charge in [0, 0.05) is 17.2 Å². The second-order valence-electron chi connectivity index (χ2n) is 4.44. The number of nitrogens with two attached hydrogens (primary N) is 1. The minimum absolute atomic E-state index is 0.0123. The van der Waals surface area contributed by atoms with E-state index in [1.54, 1.807) is 6.20 Å². The molecule has 0 saturated heterocycles. The number of hydrogen-bond acceptors (Lipinski definition) is 5. The summed E-state index contributed by atoms with van der Waals surface area (Å²) >= 11 is 1.18. The molecule has 1 amide bonds. The highest BCUT2D eigenvalue weighted by Crippen LogP contribution is 2.49. The molecule has 5 nitrogen and oxygen atoms in total. The quantitative estimate of drug-likeness (QED) is 0.824. The molecule has 1 aliphatic carbocycles. The van der Waals surface area contributed by atoms with Crippen LogP contribution in [0.2, 0.25) is 0 Å². The van der Waals surface area contributed by atoms with Crippen molar-refractivity contribution in [3.05, 3.63) is 36.0 Å². The smallest absolute Gasteiger partial charge is 0.235 e. The van der Waals surface area contributed by atoms with Crippen LogP contribution in [0.4, 0.5) is 10.7 Å². The summed E-state index contributed by atoms with van der Waals surface area (Å²) in [5.74, 6) is 0.0123. The average molecular weight is 260 g/mol. The Morgan fingerprint density at radius 1 is 1.33 bits per heavy atom. The predicted octanol–water partition coefficient (Wildman–Crippen LogP) is 1.79. The predicted molar refractivity (Wildman–Crippen MR) is 70.3 cm³/mol. The first-order chi connectivity index (χ1) is 8.71. The van der Waals surface area contributed by atoms with Crippen molar-refractivity contribution in [3.8, 4) is 0 Å². The van der Waals surface area contributed by atoms with Crippen molar-refractivity contribution in [3.63, 3.8) is 0 Å². The van der Waals surface area contributed by atoms with Crippen LogP contribution in [0.25, 0.3) is 0 Å². The van der Waals surface area contributed by atoms with Gasteiger partial charge < -0.3 is 11.1 Å². The highest BCUT2D eigenvalue weighted by molar-refractivity contribution is 7.10. The molecule has 3 N–H and O–H groups in total. The molecule has 1 heterocycles. The molecule has 6 heteroatoms. The number of carbonyl (C=O) groups is 1. The van der Waals surface area contributed by atoms with E-state index >= 15 is 0 Å². The standard InChI is InChI=1S/C12H12N4OS/c13-9-3-1-8(2-4-9)12(5-6-12)11(17)15-10-7-14-16-18-10/h1-4,7H,5-6,13H2,(H,15,17). The lowest BCUT2D eigenvalue weighted by Crippen LogP contribution is -2.27. The summed E-state index contributed by atoms with van der Waals surface area (Å²) in [6.07, 6.45) is 3.30. The number of hydrogen-bond donors (Lipinski definition) is 2. The van der Waals surface area contributed by atoms with Gasteiger partial charge in [0.25, 0.3) is 0 Å². The summed E-state index contributed by atoms with van der Waals surface area (Å²) in [5, 5.41) is 7.24. The van der Waals surface area contributed by atoms with Gasteiger partial charge in [-0.25, -0.2) is 0 Å². The van der Waals surface area contributed by atoms with Crippen molar-refractivity contribution in [1.82, 2.24) is 9.59 Å². The normalized spacial score (nSPS) is 16.2. The molecule has 92 valence electrons. The SMILES string of the molecule is Nc1ccc(C2(C(=O)Nc3cnns3)CC2)cc1. The molecule has 0 unspecified atom stereocenters. The Kier molecular flexibility index (Phi) is 2.52. The monoisotopic (exact) mass is 260 g/mol. The van der Waals surface area contributed by atoms with Gasteiger partial charge in [0.1, 0.15) is 5.00 Å². The zero-order valence-electron chi connectivity index (χ0n) is 9.59. The fourth-order valence-electron chi connectivity index (χ4n) is 2.03. The Morgan fingerprint density at radius 2 is 2.06 bits per heavy atom. The van der Waals surface area contributed by atoms with Gasteiger partial charge in [-0.1, -0.05) is 16.6 Å². The fourth-order valence-corrected chi connectivity index (χ4v) is 2.44. The topological polar surface area (TPSA) is 80.9 Å². The summed E-state index contributed by atoms with van der Waals surface area (Å²) in [6, 6.07) is 7.51. The molecule has 0 radical (unpaired) electrons. The van der Waals surface area contributed by atoms with Crippen molar-refractivity contribution in [2.75, 3.05) is 11.1 Å². The molecular weight excluding hydrogens is 248 g/mol. The highest BCUT2D eigenvalue weighted by atomic mass is 32.1. The van der Waals surface area contributed by atoms with Crippen molar-refractivity contribution in [2.24, 2.45) is 0 Å². The van der Waals surface area contributed by atoms with E-state index < -0.39 is 5.41 Å². The average Bonchev–Trinajstić information content (AvgIpc) is 3.03. The van der Waals surface area contributed by atoms with Crippen LogP contribution < -0.4 is 11.1 Å². The lowest BCUT2D eigenvalue weighted by molar-refractivity contribution is -0.118. The summed E-state index contributed by atoms with van der Waals surface area (Å²) in [5.41, 5.74) is 7.00. The Balaban J connectivity index is 1.82. The zero-order chi connectivity index (χ0) is 12.6. The number of aromatic nitrogens is 2. The molecular formula is C12H12N4OS. The number of carbonyl (C=O) groups excluding carboxylic acids is 1. The van der Waals surface area contributed by atoms with Gasteiger partial charge in [0.05, 0.1) is 11.6 Å². The first-order valence-electron chi connectivity index (χ1n) is 5.65. The van der Waals surface area contributed by atoms with Crippen LogP contribution in [-0.2, 0) is 10.2 Å². The van der Waals surface area contributed by atoms with Crippen LogP contribution in [0.3, 0.4) is 0 Å². The molecule has 1 fully saturated rings. The van der Waals surface area contributed by atoms with Gasteiger partial charge in [-0.2, -0.15) is 0 Å². The van der Waals surface area contributed by atoms with Crippen molar-refractivity contribution in [2.45, 2.75) is 18.3 Å². The third kappa shape index (κ3) is 1.84. The van der Waals surface area contributed by atoms with E-state index in [0.29, 0.717) is 10.7 Å². The van der Waals surface area contributed by atoms with E-state index in [2.05, 4.69) is 14.9 Å². The van der Waals surface area contributed by atoms with Gasteiger partial charge in [0.2, 0.25) is 5.91 Å². The van der Waals surface area contributed by atoms with E-state index in [-0.39, 0.29) is 5.91 Å². The lowest BCUT2D eigenvalue weighted by atomic mass is 9.95. The highest BCUT2D eigenvalue weighted by Gasteiger charge is 2.51. The third-order valence-corrected chi connectivity index (χ3v) is 3.83. The maximum Gasteiger partial charge on any atom is 0.235 e. The maximum absolute atomic E-state index is 12.3. The summed E-state index contributed by atoms with van der Waals surface area (Å²) in [6.45, 7) is 0.